The zero-order valence-electron chi connectivity index (χ0n) is 19.2. The normalized spacial score (nSPS) is 14.5. The van der Waals surface area contributed by atoms with E-state index in [4.69, 9.17) is 15.6 Å². The number of aliphatic hydroxyl groups is 1. The molecule has 0 radical (unpaired) electrons. The van der Waals surface area contributed by atoms with Crippen LogP contribution in [0.4, 0.5) is 20.3 Å². The molecule has 0 fully saturated rings. The average Bonchev–Trinajstić information content (AvgIpc) is 3.24. The second-order valence-corrected chi connectivity index (χ2v) is 8.37. The van der Waals surface area contributed by atoms with E-state index in [0.717, 1.165) is 23.3 Å². The number of anilines is 2. The highest BCUT2D eigenvalue weighted by Crippen LogP contribution is 2.32. The van der Waals surface area contributed by atoms with Crippen LogP contribution in [-0.2, 0) is 9.53 Å². The van der Waals surface area contributed by atoms with Crippen LogP contribution < -0.4 is 11.1 Å². The summed E-state index contributed by atoms with van der Waals surface area (Å²) >= 11 is 0. The van der Waals surface area contributed by atoms with E-state index < -0.39 is 23.6 Å². The summed E-state index contributed by atoms with van der Waals surface area (Å²) < 4.78 is 34.0. The highest BCUT2D eigenvalue weighted by Gasteiger charge is 2.22. The molecule has 2 aromatic carbocycles. The molecule has 1 aliphatic heterocycles. The van der Waals surface area contributed by atoms with Gasteiger partial charge in [-0.25, -0.2) is 23.4 Å². The number of halogens is 2. The molecule has 9 nitrogen and oxygen atoms in total. The Balaban J connectivity index is 1.47. The smallest absolute Gasteiger partial charge is 0.257 e. The van der Waals surface area contributed by atoms with Gasteiger partial charge in [-0.3, -0.25) is 4.79 Å². The van der Waals surface area contributed by atoms with Gasteiger partial charge in [0.1, 0.15) is 34.7 Å². The second-order valence-electron chi connectivity index (χ2n) is 8.37. The Bertz CT molecular complexity index is 1500. The number of carbonyl (C=O) groups is 1. The summed E-state index contributed by atoms with van der Waals surface area (Å²) in [6.45, 7) is 2.90. The van der Waals surface area contributed by atoms with Gasteiger partial charge in [0, 0.05) is 11.8 Å². The van der Waals surface area contributed by atoms with Gasteiger partial charge in [0.05, 0.1) is 18.9 Å². The van der Waals surface area contributed by atoms with Gasteiger partial charge in [0.2, 0.25) is 0 Å². The fourth-order valence-electron chi connectivity index (χ4n) is 4.17. The molecule has 4 aromatic rings. The first-order valence-corrected chi connectivity index (χ1v) is 11.1. The molecule has 1 amide bonds. The van der Waals surface area contributed by atoms with Gasteiger partial charge in [-0.1, -0.05) is 6.08 Å². The van der Waals surface area contributed by atoms with Crippen LogP contribution in [0.5, 0.6) is 0 Å². The second kappa shape index (κ2) is 9.44. The first kappa shape index (κ1) is 23.5. The average molecular weight is 492 g/mol. The van der Waals surface area contributed by atoms with E-state index in [1.165, 1.54) is 6.33 Å². The maximum Gasteiger partial charge on any atom is 0.257 e. The Labute approximate surface area is 204 Å². The number of aromatic nitrogens is 4. The Morgan fingerprint density at radius 2 is 1.97 bits per heavy atom. The molecule has 0 spiro atoms. The maximum atomic E-state index is 13.5. The van der Waals surface area contributed by atoms with Crippen molar-refractivity contribution in [1.29, 1.82) is 0 Å². The van der Waals surface area contributed by atoms with E-state index in [-0.39, 0.29) is 11.4 Å². The summed E-state index contributed by atoms with van der Waals surface area (Å²) in [5.74, 6) is -2.33. The topological polar surface area (TPSA) is 128 Å². The molecular formula is C25H22F2N6O3. The minimum Gasteiger partial charge on any atom is -0.382 e. The minimum atomic E-state index is -1.75. The number of amides is 1. The lowest BCUT2D eigenvalue weighted by Crippen LogP contribution is -2.21. The standard InChI is InChI=1S/C25H22F2N6O3/c1-13-8-18(31-25(35)23(34)15-9-16(26)11-17(27)10-15)2-3-19(13)33-22-21(29-12-30-24(22)28)20(32-33)14-4-6-36-7-5-14/h2-4,8-12,23,34H,5-7H2,1H3,(H,31,35)(H2,28,29,30). The van der Waals surface area contributed by atoms with Crippen molar-refractivity contribution in [3.8, 4) is 5.69 Å². The summed E-state index contributed by atoms with van der Waals surface area (Å²) in [5, 5.41) is 17.6. The number of nitrogen functional groups attached to an aromatic ring is 1. The largest absolute Gasteiger partial charge is 0.382 e. The number of benzene rings is 2. The molecule has 2 aromatic heterocycles. The number of carbonyl (C=O) groups excluding carboxylic acids is 1. The number of nitrogens with zero attached hydrogens (tertiary/aromatic N) is 4. The quantitative estimate of drug-likeness (QED) is 0.389. The molecule has 4 N–H and O–H groups in total. The van der Waals surface area contributed by atoms with Crippen molar-refractivity contribution >= 4 is 34.0 Å². The van der Waals surface area contributed by atoms with E-state index in [1.807, 2.05) is 13.0 Å². The van der Waals surface area contributed by atoms with Crippen molar-refractivity contribution in [3.05, 3.63) is 77.3 Å². The van der Waals surface area contributed by atoms with E-state index in [2.05, 4.69) is 15.3 Å². The van der Waals surface area contributed by atoms with Crippen LogP contribution in [0, 0.1) is 18.6 Å². The van der Waals surface area contributed by atoms with Gasteiger partial charge in [-0.15, -0.1) is 0 Å². The van der Waals surface area contributed by atoms with Crippen molar-refractivity contribution in [3.63, 3.8) is 0 Å². The number of rotatable bonds is 5. The van der Waals surface area contributed by atoms with Crippen molar-refractivity contribution in [1.82, 2.24) is 19.7 Å². The lowest BCUT2D eigenvalue weighted by Gasteiger charge is -2.14. The Morgan fingerprint density at radius 3 is 2.67 bits per heavy atom. The molecule has 0 bridgehead atoms. The molecule has 5 rings (SSSR count). The highest BCUT2D eigenvalue weighted by atomic mass is 19.1. The molecule has 0 aliphatic carbocycles. The van der Waals surface area contributed by atoms with Crippen LogP contribution in [0.2, 0.25) is 0 Å². The van der Waals surface area contributed by atoms with Crippen molar-refractivity contribution in [2.45, 2.75) is 19.4 Å². The number of ether oxygens (including phenoxy) is 1. The van der Waals surface area contributed by atoms with Crippen LogP contribution in [0.3, 0.4) is 0 Å². The van der Waals surface area contributed by atoms with Gasteiger partial charge >= 0.3 is 0 Å². The lowest BCUT2D eigenvalue weighted by molar-refractivity contribution is -0.124. The SMILES string of the molecule is Cc1cc(NC(=O)C(O)c2cc(F)cc(F)c2)ccc1-n1nc(C2=CCOCC2)c2ncnc(N)c21. The third-order valence-electron chi connectivity index (χ3n) is 5.90. The zero-order valence-corrected chi connectivity index (χ0v) is 19.2. The molecule has 3 heterocycles. The molecule has 0 saturated carbocycles. The molecule has 1 aliphatic rings. The summed E-state index contributed by atoms with van der Waals surface area (Å²) in [6.07, 6.45) is 2.30. The van der Waals surface area contributed by atoms with Gasteiger partial charge in [-0.05, 0) is 60.4 Å². The van der Waals surface area contributed by atoms with Crippen LogP contribution in [0.1, 0.15) is 29.3 Å². The molecule has 1 unspecified atom stereocenters. The fourth-order valence-corrected chi connectivity index (χ4v) is 4.17. The molecule has 1 atom stereocenters. The van der Waals surface area contributed by atoms with Crippen LogP contribution >= 0.6 is 0 Å². The van der Waals surface area contributed by atoms with E-state index in [9.17, 15) is 18.7 Å². The summed E-state index contributed by atoms with van der Waals surface area (Å²) in [6, 6.07) is 7.52. The van der Waals surface area contributed by atoms with E-state index in [0.29, 0.717) is 53.8 Å². The van der Waals surface area contributed by atoms with Gasteiger partial charge < -0.3 is 20.9 Å². The predicted octanol–water partition coefficient (Wildman–Crippen LogP) is 3.46. The number of aryl methyl sites for hydroxylation is 1. The number of nitrogens with one attached hydrogen (secondary N) is 1. The van der Waals surface area contributed by atoms with Crippen molar-refractivity contribution in [2.24, 2.45) is 0 Å². The lowest BCUT2D eigenvalue weighted by atomic mass is 10.1. The van der Waals surface area contributed by atoms with Gasteiger partial charge in [0.15, 0.2) is 11.9 Å². The summed E-state index contributed by atoms with van der Waals surface area (Å²) in [5.41, 5.74) is 10.7. The number of fused-ring (bicyclic) bond motifs is 1. The third-order valence-corrected chi connectivity index (χ3v) is 5.90. The molecule has 11 heteroatoms. The number of hydrogen-bond donors (Lipinski definition) is 3. The minimum absolute atomic E-state index is 0.188. The van der Waals surface area contributed by atoms with E-state index >= 15 is 0 Å². The van der Waals surface area contributed by atoms with Gasteiger partial charge in [0.25, 0.3) is 5.91 Å². The number of hydrogen-bond acceptors (Lipinski definition) is 7. The first-order chi connectivity index (χ1) is 17.3. The Morgan fingerprint density at radius 1 is 1.19 bits per heavy atom. The third kappa shape index (κ3) is 4.41. The summed E-state index contributed by atoms with van der Waals surface area (Å²) in [7, 11) is 0. The predicted molar refractivity (Wildman–Crippen MR) is 129 cm³/mol. The molecule has 184 valence electrons. The first-order valence-electron chi connectivity index (χ1n) is 11.1. The monoisotopic (exact) mass is 492 g/mol. The highest BCUT2D eigenvalue weighted by molar-refractivity contribution is 5.96. The van der Waals surface area contributed by atoms with E-state index in [1.54, 1.807) is 22.9 Å². The van der Waals surface area contributed by atoms with Crippen molar-refractivity contribution in [2.75, 3.05) is 24.3 Å². The van der Waals surface area contributed by atoms with Crippen LogP contribution in [0.15, 0.2) is 48.8 Å². The van der Waals surface area contributed by atoms with Crippen molar-refractivity contribution < 1.29 is 23.4 Å². The maximum absolute atomic E-state index is 13.5. The van der Waals surface area contributed by atoms with Crippen LogP contribution in [-0.4, -0.2) is 44.0 Å². The number of aliphatic hydroxyl groups excluding tert-OH is 1. The van der Waals surface area contributed by atoms with Crippen LogP contribution in [0.25, 0.3) is 22.3 Å². The Kier molecular flexibility index (Phi) is 6.17. The van der Waals surface area contributed by atoms with Gasteiger partial charge in [-0.2, -0.15) is 5.10 Å². The Hall–Kier alpha value is -4.22. The molecular weight excluding hydrogens is 470 g/mol. The summed E-state index contributed by atoms with van der Waals surface area (Å²) in [4.78, 5) is 21.1. The zero-order chi connectivity index (χ0) is 25.4. The molecule has 36 heavy (non-hydrogen) atoms. The fraction of sp³-hybridized carbons (Fsp3) is 0.200. The molecule has 0 saturated heterocycles. The number of nitrogens with two attached hydrogens (primary N) is 1.